The summed E-state index contributed by atoms with van der Waals surface area (Å²) < 4.78 is 1.32. The first-order valence-corrected chi connectivity index (χ1v) is 4.02. The molecule has 0 aliphatic carbocycles. The summed E-state index contributed by atoms with van der Waals surface area (Å²) >= 11 is 0. The van der Waals surface area contributed by atoms with Gasteiger partial charge in [0.1, 0.15) is 6.33 Å². The van der Waals surface area contributed by atoms with Crippen molar-refractivity contribution in [3.63, 3.8) is 0 Å². The van der Waals surface area contributed by atoms with E-state index >= 15 is 0 Å². The smallest absolute Gasteiger partial charge is 0.328 e. The SMILES string of the molecule is CCC(C(=O)O)n1cnc(CN)n1. The van der Waals surface area contributed by atoms with E-state index in [-0.39, 0.29) is 6.54 Å². The molecule has 0 fully saturated rings. The molecule has 1 unspecified atom stereocenters. The third-order valence-electron chi connectivity index (χ3n) is 1.73. The number of nitrogens with two attached hydrogens (primary N) is 1. The van der Waals surface area contributed by atoms with E-state index in [4.69, 9.17) is 10.8 Å². The predicted octanol–water partition coefficient (Wildman–Crippen LogP) is -0.227. The second-order valence-corrected chi connectivity index (χ2v) is 2.61. The maximum Gasteiger partial charge on any atom is 0.328 e. The average Bonchev–Trinajstić information content (AvgIpc) is 2.53. The van der Waals surface area contributed by atoms with Crippen LogP contribution in [0.3, 0.4) is 0 Å². The Labute approximate surface area is 75.4 Å². The van der Waals surface area contributed by atoms with Gasteiger partial charge in [0.05, 0.1) is 6.54 Å². The number of hydrogen-bond donors (Lipinski definition) is 2. The highest BCUT2D eigenvalue weighted by Crippen LogP contribution is 2.08. The topological polar surface area (TPSA) is 94.0 Å². The maximum absolute atomic E-state index is 10.7. The molecule has 3 N–H and O–H groups in total. The highest BCUT2D eigenvalue weighted by molar-refractivity contribution is 5.71. The molecule has 0 bridgehead atoms. The van der Waals surface area contributed by atoms with Crippen molar-refractivity contribution >= 4 is 5.97 Å². The highest BCUT2D eigenvalue weighted by atomic mass is 16.4. The van der Waals surface area contributed by atoms with Gasteiger partial charge in [-0.15, -0.1) is 0 Å². The summed E-state index contributed by atoms with van der Waals surface area (Å²) in [6.45, 7) is 2.01. The molecule has 0 aromatic carbocycles. The second kappa shape index (κ2) is 3.99. The van der Waals surface area contributed by atoms with E-state index in [2.05, 4.69) is 10.1 Å². The zero-order valence-corrected chi connectivity index (χ0v) is 7.34. The van der Waals surface area contributed by atoms with Crippen molar-refractivity contribution in [1.82, 2.24) is 14.8 Å². The number of nitrogens with zero attached hydrogens (tertiary/aromatic N) is 3. The van der Waals surface area contributed by atoms with Crippen molar-refractivity contribution in [2.24, 2.45) is 5.73 Å². The Bertz CT molecular complexity index is 296. The summed E-state index contributed by atoms with van der Waals surface area (Å²) in [5.41, 5.74) is 5.30. The predicted molar refractivity (Wildman–Crippen MR) is 44.9 cm³/mol. The molecule has 0 amide bonds. The molecule has 0 aliphatic heterocycles. The van der Waals surface area contributed by atoms with Crippen LogP contribution in [-0.2, 0) is 11.3 Å². The molecule has 6 nitrogen and oxygen atoms in total. The normalized spacial score (nSPS) is 12.8. The van der Waals surface area contributed by atoms with Gasteiger partial charge >= 0.3 is 5.97 Å². The van der Waals surface area contributed by atoms with Crippen molar-refractivity contribution < 1.29 is 9.90 Å². The molecule has 1 aromatic heterocycles. The second-order valence-electron chi connectivity index (χ2n) is 2.61. The minimum atomic E-state index is -0.907. The Morgan fingerprint density at radius 2 is 2.54 bits per heavy atom. The first kappa shape index (κ1) is 9.66. The molecular weight excluding hydrogens is 172 g/mol. The van der Waals surface area contributed by atoms with Crippen LogP contribution in [0, 0.1) is 0 Å². The van der Waals surface area contributed by atoms with E-state index < -0.39 is 12.0 Å². The van der Waals surface area contributed by atoms with Crippen LogP contribution in [0.25, 0.3) is 0 Å². The quantitative estimate of drug-likeness (QED) is 0.674. The molecule has 0 spiro atoms. The monoisotopic (exact) mass is 184 g/mol. The Morgan fingerprint density at radius 1 is 1.85 bits per heavy atom. The number of carbonyl (C=O) groups is 1. The summed E-state index contributed by atoms with van der Waals surface area (Å²) in [5.74, 6) is -0.448. The third kappa shape index (κ3) is 2.03. The number of aromatic nitrogens is 3. The highest BCUT2D eigenvalue weighted by Gasteiger charge is 2.18. The minimum absolute atomic E-state index is 0.225. The van der Waals surface area contributed by atoms with Crippen LogP contribution in [0.15, 0.2) is 6.33 Å². The first-order valence-electron chi connectivity index (χ1n) is 4.02. The number of rotatable bonds is 4. The van der Waals surface area contributed by atoms with E-state index in [1.165, 1.54) is 11.0 Å². The zero-order chi connectivity index (χ0) is 9.84. The van der Waals surface area contributed by atoms with Crippen LogP contribution in [0.5, 0.6) is 0 Å². The zero-order valence-electron chi connectivity index (χ0n) is 7.34. The van der Waals surface area contributed by atoms with Crippen molar-refractivity contribution in [2.45, 2.75) is 25.9 Å². The molecule has 1 aromatic rings. The molecule has 1 heterocycles. The summed E-state index contributed by atoms with van der Waals surface area (Å²) in [7, 11) is 0. The summed E-state index contributed by atoms with van der Waals surface area (Å²) in [5, 5.41) is 12.7. The molecule has 0 saturated heterocycles. The van der Waals surface area contributed by atoms with Crippen molar-refractivity contribution in [2.75, 3.05) is 0 Å². The van der Waals surface area contributed by atoms with Crippen LogP contribution >= 0.6 is 0 Å². The number of carboxylic acids is 1. The molecular formula is C7H12N4O2. The fraction of sp³-hybridized carbons (Fsp3) is 0.571. The lowest BCUT2D eigenvalue weighted by atomic mass is 10.2. The Morgan fingerprint density at radius 3 is 2.92 bits per heavy atom. The van der Waals surface area contributed by atoms with E-state index in [9.17, 15) is 4.79 Å². The van der Waals surface area contributed by atoms with Gasteiger partial charge in [-0.25, -0.2) is 14.5 Å². The van der Waals surface area contributed by atoms with E-state index in [0.29, 0.717) is 12.2 Å². The maximum atomic E-state index is 10.7. The number of aliphatic carboxylic acids is 1. The Hall–Kier alpha value is -1.43. The van der Waals surface area contributed by atoms with E-state index in [1.807, 2.05) is 0 Å². The average molecular weight is 184 g/mol. The van der Waals surface area contributed by atoms with Crippen LogP contribution in [0.1, 0.15) is 25.2 Å². The number of hydrogen-bond acceptors (Lipinski definition) is 4. The van der Waals surface area contributed by atoms with Crippen molar-refractivity contribution in [1.29, 1.82) is 0 Å². The molecule has 0 aliphatic rings. The summed E-state index contributed by atoms with van der Waals surface area (Å²) in [6, 6.07) is -0.646. The van der Waals surface area contributed by atoms with Crippen LogP contribution in [0.2, 0.25) is 0 Å². The Kier molecular flexibility index (Phi) is 2.97. The molecule has 6 heteroatoms. The minimum Gasteiger partial charge on any atom is -0.480 e. The fourth-order valence-corrected chi connectivity index (χ4v) is 1.03. The van der Waals surface area contributed by atoms with Gasteiger partial charge in [0.2, 0.25) is 0 Å². The van der Waals surface area contributed by atoms with Crippen LogP contribution < -0.4 is 5.73 Å². The lowest BCUT2D eigenvalue weighted by Gasteiger charge is -2.08. The fourth-order valence-electron chi connectivity index (χ4n) is 1.03. The molecule has 1 atom stereocenters. The van der Waals surface area contributed by atoms with Crippen LogP contribution in [-0.4, -0.2) is 25.8 Å². The van der Waals surface area contributed by atoms with E-state index in [1.54, 1.807) is 6.92 Å². The van der Waals surface area contributed by atoms with Gasteiger partial charge in [0.15, 0.2) is 11.9 Å². The Balaban J connectivity index is 2.85. The number of carboxylic acid groups (broad SMARTS) is 1. The molecule has 0 saturated carbocycles. The summed E-state index contributed by atoms with van der Waals surface area (Å²) in [6.07, 6.45) is 1.87. The standard InChI is InChI=1S/C7H12N4O2/c1-2-5(7(12)13)11-4-9-6(3-8)10-11/h4-5H,2-3,8H2,1H3,(H,12,13). The molecule has 1 rings (SSSR count). The van der Waals surface area contributed by atoms with Gasteiger partial charge in [-0.2, -0.15) is 5.10 Å². The molecule has 0 radical (unpaired) electrons. The molecule has 72 valence electrons. The lowest BCUT2D eigenvalue weighted by Crippen LogP contribution is -2.19. The van der Waals surface area contributed by atoms with Gasteiger partial charge in [-0.05, 0) is 6.42 Å². The first-order chi connectivity index (χ1) is 6.19. The molecule has 13 heavy (non-hydrogen) atoms. The van der Waals surface area contributed by atoms with Gasteiger partial charge < -0.3 is 10.8 Å². The largest absolute Gasteiger partial charge is 0.480 e. The van der Waals surface area contributed by atoms with Crippen molar-refractivity contribution in [3.05, 3.63) is 12.2 Å². The van der Waals surface area contributed by atoms with Crippen LogP contribution in [0.4, 0.5) is 0 Å². The van der Waals surface area contributed by atoms with Gasteiger partial charge in [-0.1, -0.05) is 6.92 Å². The third-order valence-corrected chi connectivity index (χ3v) is 1.73. The lowest BCUT2D eigenvalue weighted by molar-refractivity contribution is -0.141. The van der Waals surface area contributed by atoms with E-state index in [0.717, 1.165) is 0 Å². The van der Waals surface area contributed by atoms with Gasteiger partial charge in [-0.3, -0.25) is 0 Å². The van der Waals surface area contributed by atoms with Crippen molar-refractivity contribution in [3.8, 4) is 0 Å². The van der Waals surface area contributed by atoms with Gasteiger partial charge in [0.25, 0.3) is 0 Å². The van der Waals surface area contributed by atoms with Gasteiger partial charge in [0, 0.05) is 0 Å². The summed E-state index contributed by atoms with van der Waals surface area (Å²) in [4.78, 5) is 14.6.